The first-order valence-electron chi connectivity index (χ1n) is 2.69. The zero-order valence-corrected chi connectivity index (χ0v) is 5.21. The Kier molecular flexibility index (Phi) is 1.67. The van der Waals surface area contributed by atoms with Gasteiger partial charge in [-0.1, -0.05) is 0 Å². The molecule has 0 fully saturated rings. The van der Waals surface area contributed by atoms with E-state index in [0.29, 0.717) is 0 Å². The fourth-order valence-electron chi connectivity index (χ4n) is 0.623. The number of rotatable bonds is 1. The minimum absolute atomic E-state index is 0.0589. The van der Waals surface area contributed by atoms with E-state index < -0.39 is 5.82 Å². The number of aliphatic imine (C=N–C) groups is 1. The van der Waals surface area contributed by atoms with Gasteiger partial charge in [0.1, 0.15) is 17.3 Å². The minimum atomic E-state index is -0.430. The smallest absolute Gasteiger partial charge is 0.141 e. The molecule has 0 aliphatic rings. The van der Waals surface area contributed by atoms with Gasteiger partial charge in [0, 0.05) is 6.07 Å². The monoisotopic (exact) mass is 139 g/mol. The molecule has 0 heterocycles. The summed E-state index contributed by atoms with van der Waals surface area (Å²) in [7, 11) is 0. The first-order chi connectivity index (χ1) is 4.74. The highest BCUT2D eigenvalue weighted by Gasteiger charge is 1.97. The number of benzene rings is 1. The lowest BCUT2D eigenvalue weighted by Gasteiger charge is -1.95. The highest BCUT2D eigenvalue weighted by atomic mass is 19.1. The Hall–Kier alpha value is -1.38. The van der Waals surface area contributed by atoms with E-state index in [1.165, 1.54) is 6.07 Å². The molecular weight excluding hydrogens is 133 g/mol. The Balaban J connectivity index is 3.21. The topological polar surface area (TPSA) is 32.6 Å². The summed E-state index contributed by atoms with van der Waals surface area (Å²) >= 11 is 0. The lowest BCUT2D eigenvalue weighted by molar-refractivity contribution is 0.475. The number of phenolic OH excluding ortho intramolecular Hbond substituents is 1. The number of hydrogen-bond acceptors (Lipinski definition) is 2. The first-order valence-corrected chi connectivity index (χ1v) is 2.69. The summed E-state index contributed by atoms with van der Waals surface area (Å²) in [6, 6.07) is 3.51. The molecule has 2 nitrogen and oxygen atoms in total. The molecule has 1 rings (SSSR count). The Morgan fingerprint density at radius 3 is 2.70 bits per heavy atom. The number of halogens is 1. The van der Waals surface area contributed by atoms with Gasteiger partial charge in [0.05, 0.1) is 0 Å². The summed E-state index contributed by atoms with van der Waals surface area (Å²) in [5.41, 5.74) is 0.167. The molecule has 3 heteroatoms. The maximum atomic E-state index is 12.3. The van der Waals surface area contributed by atoms with Crippen molar-refractivity contribution in [3.05, 3.63) is 24.0 Å². The van der Waals surface area contributed by atoms with Crippen LogP contribution in [0.5, 0.6) is 5.75 Å². The van der Waals surface area contributed by atoms with Crippen LogP contribution in [0.1, 0.15) is 0 Å². The van der Waals surface area contributed by atoms with E-state index in [-0.39, 0.29) is 11.4 Å². The molecule has 0 saturated carbocycles. The lowest BCUT2D eigenvalue weighted by Crippen LogP contribution is -1.71. The average molecular weight is 139 g/mol. The molecule has 0 spiro atoms. The predicted molar refractivity (Wildman–Crippen MR) is 37.3 cm³/mol. The van der Waals surface area contributed by atoms with Crippen molar-refractivity contribution in [1.29, 1.82) is 0 Å². The quantitative estimate of drug-likeness (QED) is 0.592. The van der Waals surface area contributed by atoms with Crippen molar-refractivity contribution in [3.8, 4) is 5.75 Å². The van der Waals surface area contributed by atoms with E-state index in [4.69, 9.17) is 5.11 Å². The molecule has 0 radical (unpaired) electrons. The van der Waals surface area contributed by atoms with E-state index in [0.717, 1.165) is 12.1 Å². The number of hydrogen-bond donors (Lipinski definition) is 1. The van der Waals surface area contributed by atoms with Gasteiger partial charge in [0.15, 0.2) is 0 Å². The third kappa shape index (κ3) is 1.13. The highest BCUT2D eigenvalue weighted by molar-refractivity contribution is 5.54. The van der Waals surface area contributed by atoms with Gasteiger partial charge in [-0.2, -0.15) is 0 Å². The van der Waals surface area contributed by atoms with Crippen LogP contribution in [0.3, 0.4) is 0 Å². The average Bonchev–Trinajstić information content (AvgIpc) is 1.94. The van der Waals surface area contributed by atoms with Crippen LogP contribution in [-0.4, -0.2) is 11.8 Å². The van der Waals surface area contributed by atoms with Crippen LogP contribution in [0.15, 0.2) is 23.2 Å². The van der Waals surface area contributed by atoms with Crippen LogP contribution in [0.4, 0.5) is 10.1 Å². The van der Waals surface area contributed by atoms with Crippen LogP contribution < -0.4 is 0 Å². The van der Waals surface area contributed by atoms with Crippen LogP contribution in [0, 0.1) is 5.82 Å². The predicted octanol–water partition coefficient (Wildman–Crippen LogP) is 1.86. The van der Waals surface area contributed by atoms with Gasteiger partial charge in [-0.25, -0.2) is 4.39 Å². The van der Waals surface area contributed by atoms with Crippen LogP contribution in [0.2, 0.25) is 0 Å². The molecule has 1 aromatic carbocycles. The number of phenols is 1. The molecule has 0 atom stereocenters. The fourth-order valence-corrected chi connectivity index (χ4v) is 0.623. The Bertz CT molecular complexity index is 260. The van der Waals surface area contributed by atoms with Gasteiger partial charge < -0.3 is 5.11 Å². The van der Waals surface area contributed by atoms with E-state index in [1.54, 1.807) is 0 Å². The van der Waals surface area contributed by atoms with Gasteiger partial charge in [0.25, 0.3) is 0 Å². The molecule has 0 aromatic heterocycles. The van der Waals surface area contributed by atoms with E-state index in [2.05, 4.69) is 11.7 Å². The van der Waals surface area contributed by atoms with Gasteiger partial charge in [0.2, 0.25) is 0 Å². The van der Waals surface area contributed by atoms with E-state index in [9.17, 15) is 4.39 Å². The van der Waals surface area contributed by atoms with Crippen molar-refractivity contribution in [3.63, 3.8) is 0 Å². The highest BCUT2D eigenvalue weighted by Crippen LogP contribution is 2.25. The Morgan fingerprint density at radius 2 is 2.20 bits per heavy atom. The fraction of sp³-hybridized carbons (Fsp3) is 0. The molecule has 0 unspecified atom stereocenters. The second-order valence-electron chi connectivity index (χ2n) is 1.79. The minimum Gasteiger partial charge on any atom is -0.506 e. The van der Waals surface area contributed by atoms with Crippen molar-refractivity contribution in [1.82, 2.24) is 0 Å². The Morgan fingerprint density at radius 1 is 1.50 bits per heavy atom. The summed E-state index contributed by atoms with van der Waals surface area (Å²) in [6.07, 6.45) is 0. The lowest BCUT2D eigenvalue weighted by atomic mass is 10.3. The van der Waals surface area contributed by atoms with Crippen molar-refractivity contribution < 1.29 is 9.50 Å². The van der Waals surface area contributed by atoms with Crippen molar-refractivity contribution >= 4 is 12.4 Å². The molecule has 0 aliphatic carbocycles. The molecule has 52 valence electrons. The first kappa shape index (κ1) is 6.74. The van der Waals surface area contributed by atoms with Crippen LogP contribution >= 0.6 is 0 Å². The second kappa shape index (κ2) is 2.47. The van der Waals surface area contributed by atoms with Gasteiger partial charge in [-0.05, 0) is 18.9 Å². The number of aromatic hydroxyl groups is 1. The molecule has 1 aromatic rings. The zero-order chi connectivity index (χ0) is 7.56. The standard InChI is InChI=1S/C7H6FNO/c1-9-6-4-5(8)2-3-7(6)10/h2-4,10H,1H2. The van der Waals surface area contributed by atoms with E-state index in [1.807, 2.05) is 0 Å². The van der Waals surface area contributed by atoms with Gasteiger partial charge >= 0.3 is 0 Å². The van der Waals surface area contributed by atoms with E-state index >= 15 is 0 Å². The number of nitrogens with zero attached hydrogens (tertiary/aromatic N) is 1. The van der Waals surface area contributed by atoms with Gasteiger partial charge in [-0.15, -0.1) is 0 Å². The normalized spacial score (nSPS) is 9.30. The second-order valence-corrected chi connectivity index (χ2v) is 1.79. The molecule has 10 heavy (non-hydrogen) atoms. The molecular formula is C7H6FNO. The summed E-state index contributed by atoms with van der Waals surface area (Å²) in [5, 5.41) is 8.93. The van der Waals surface area contributed by atoms with Gasteiger partial charge in [-0.3, -0.25) is 4.99 Å². The molecule has 0 bridgehead atoms. The molecule has 0 amide bonds. The zero-order valence-electron chi connectivity index (χ0n) is 5.21. The summed E-state index contributed by atoms with van der Waals surface area (Å²) in [4.78, 5) is 3.39. The maximum absolute atomic E-state index is 12.3. The van der Waals surface area contributed by atoms with Crippen LogP contribution in [-0.2, 0) is 0 Å². The third-order valence-electron chi connectivity index (χ3n) is 1.11. The van der Waals surface area contributed by atoms with Crippen molar-refractivity contribution in [2.75, 3.05) is 0 Å². The largest absolute Gasteiger partial charge is 0.506 e. The van der Waals surface area contributed by atoms with Crippen molar-refractivity contribution in [2.24, 2.45) is 4.99 Å². The summed E-state index contributed by atoms with van der Waals surface area (Å²) in [6.45, 7) is 3.16. The van der Waals surface area contributed by atoms with Crippen LogP contribution in [0.25, 0.3) is 0 Å². The summed E-state index contributed by atoms with van der Waals surface area (Å²) < 4.78 is 12.3. The molecule has 1 N–H and O–H groups in total. The molecule has 0 aliphatic heterocycles. The maximum Gasteiger partial charge on any atom is 0.141 e. The SMILES string of the molecule is C=Nc1cc(F)ccc1O. The third-order valence-corrected chi connectivity index (χ3v) is 1.11. The summed E-state index contributed by atoms with van der Waals surface area (Å²) in [5.74, 6) is -0.489. The Labute approximate surface area is 57.7 Å². The molecule has 0 saturated heterocycles. The van der Waals surface area contributed by atoms with Crippen molar-refractivity contribution in [2.45, 2.75) is 0 Å².